The highest BCUT2D eigenvalue weighted by molar-refractivity contribution is 7.80. The molecule has 0 unspecified atom stereocenters. The Labute approximate surface area is 175 Å². The van der Waals surface area contributed by atoms with Crippen molar-refractivity contribution < 1.29 is 4.74 Å². The van der Waals surface area contributed by atoms with Gasteiger partial charge >= 0.3 is 0 Å². The van der Waals surface area contributed by atoms with Gasteiger partial charge in [0.15, 0.2) is 0 Å². The molecule has 0 saturated carbocycles. The number of ether oxygens (including phenoxy) is 1. The van der Waals surface area contributed by atoms with Gasteiger partial charge < -0.3 is 4.74 Å². The van der Waals surface area contributed by atoms with Crippen molar-refractivity contribution in [1.29, 1.82) is 0 Å². The lowest BCUT2D eigenvalue weighted by Gasteiger charge is -2.26. The minimum absolute atomic E-state index is 0.0692. The number of aliphatic imine (C=N–C) groups is 1. The number of rotatable bonds is 4. The van der Waals surface area contributed by atoms with Crippen LogP contribution >= 0.6 is 7.92 Å². The Hall–Kier alpha value is -2.44. The van der Waals surface area contributed by atoms with Crippen LogP contribution in [0.2, 0.25) is 0 Å². The molecule has 3 aromatic carbocycles. The average molecular weight is 401 g/mol. The van der Waals surface area contributed by atoms with Crippen LogP contribution in [-0.2, 0) is 4.74 Å². The molecule has 0 saturated heterocycles. The van der Waals surface area contributed by atoms with Crippen molar-refractivity contribution in [3.8, 4) is 0 Å². The largest absolute Gasteiger partial charge is 0.472 e. The van der Waals surface area contributed by atoms with E-state index in [1.54, 1.807) is 0 Å². The summed E-state index contributed by atoms with van der Waals surface area (Å²) in [7, 11) is -0.700. The van der Waals surface area contributed by atoms with Gasteiger partial charge in [-0.3, -0.25) is 0 Å². The van der Waals surface area contributed by atoms with Crippen LogP contribution in [-0.4, -0.2) is 18.0 Å². The van der Waals surface area contributed by atoms with Crippen LogP contribution in [0.25, 0.3) is 0 Å². The Morgan fingerprint density at radius 2 is 1.28 bits per heavy atom. The smallest absolute Gasteiger partial charge is 0.217 e. The van der Waals surface area contributed by atoms with Gasteiger partial charge in [0.1, 0.15) is 6.10 Å². The van der Waals surface area contributed by atoms with Crippen LogP contribution < -0.4 is 15.9 Å². The highest BCUT2D eigenvalue weighted by Crippen LogP contribution is 2.36. The molecule has 29 heavy (non-hydrogen) atoms. The van der Waals surface area contributed by atoms with E-state index in [0.717, 1.165) is 11.5 Å². The summed E-state index contributed by atoms with van der Waals surface area (Å²) < 4.78 is 6.31. The Morgan fingerprint density at radius 1 is 0.759 bits per heavy atom. The second-order valence-corrected chi connectivity index (χ2v) is 10.8. The molecular weight excluding hydrogens is 373 g/mol. The number of nitrogens with zero attached hydrogens (tertiary/aromatic N) is 1. The first kappa shape index (κ1) is 19.9. The maximum absolute atomic E-state index is 6.31. The van der Waals surface area contributed by atoms with E-state index in [2.05, 4.69) is 113 Å². The number of hydrogen-bond acceptors (Lipinski definition) is 2. The molecule has 0 N–H and O–H groups in total. The van der Waals surface area contributed by atoms with Crippen molar-refractivity contribution >= 4 is 29.7 Å². The van der Waals surface area contributed by atoms with E-state index in [0.29, 0.717) is 0 Å². The molecule has 0 aliphatic carbocycles. The third-order valence-electron chi connectivity index (χ3n) is 5.29. The second kappa shape index (κ2) is 8.13. The molecule has 1 aliphatic heterocycles. The molecule has 4 rings (SSSR count). The van der Waals surface area contributed by atoms with E-state index in [1.165, 1.54) is 15.9 Å². The zero-order chi connectivity index (χ0) is 20.4. The summed E-state index contributed by atoms with van der Waals surface area (Å²) in [6, 6.07) is 30.3. The van der Waals surface area contributed by atoms with Gasteiger partial charge in [0, 0.05) is 5.56 Å². The van der Waals surface area contributed by atoms with Gasteiger partial charge in [0.05, 0.1) is 6.04 Å². The number of benzene rings is 3. The lowest BCUT2D eigenvalue weighted by atomic mass is 9.84. The molecule has 0 aromatic heterocycles. The van der Waals surface area contributed by atoms with Crippen LogP contribution in [0.1, 0.15) is 33.3 Å². The normalized spacial score (nSPS) is 19.1. The van der Waals surface area contributed by atoms with Crippen LogP contribution in [0.3, 0.4) is 0 Å². The summed E-state index contributed by atoms with van der Waals surface area (Å²) in [4.78, 5) is 5.05. The second-order valence-electron chi connectivity index (χ2n) is 8.59. The van der Waals surface area contributed by atoms with E-state index < -0.39 is 7.92 Å². The lowest BCUT2D eigenvalue weighted by Crippen LogP contribution is -2.32. The summed E-state index contributed by atoms with van der Waals surface area (Å²) in [5, 5.41) is 3.96. The van der Waals surface area contributed by atoms with Gasteiger partial charge in [0.25, 0.3) is 0 Å². The quantitative estimate of drug-likeness (QED) is 0.562. The van der Waals surface area contributed by atoms with Crippen LogP contribution in [0.5, 0.6) is 0 Å². The minimum atomic E-state index is -0.700. The maximum atomic E-state index is 6.31. The third kappa shape index (κ3) is 4.14. The summed E-state index contributed by atoms with van der Waals surface area (Å²) in [6.45, 7) is 8.83. The van der Waals surface area contributed by atoms with Gasteiger partial charge in [-0.15, -0.1) is 0 Å². The molecule has 0 bridgehead atoms. The van der Waals surface area contributed by atoms with Gasteiger partial charge in [-0.1, -0.05) is 99.6 Å². The molecule has 0 fully saturated rings. The molecule has 148 valence electrons. The molecule has 3 aromatic rings. The predicted molar refractivity (Wildman–Crippen MR) is 125 cm³/mol. The Kier molecular flexibility index (Phi) is 5.56. The first-order valence-electron chi connectivity index (χ1n) is 10.2. The van der Waals surface area contributed by atoms with Crippen LogP contribution in [0, 0.1) is 5.41 Å². The molecule has 3 heteroatoms. The summed E-state index contributed by atoms with van der Waals surface area (Å²) in [5.74, 6) is 0.785. The molecule has 0 spiro atoms. The van der Waals surface area contributed by atoms with E-state index in [-0.39, 0.29) is 17.6 Å². The predicted octanol–water partition coefficient (Wildman–Crippen LogP) is 5.02. The van der Waals surface area contributed by atoms with Gasteiger partial charge in [-0.05, 0) is 42.2 Å². The first-order valence-corrected chi connectivity index (χ1v) is 11.5. The summed E-state index contributed by atoms with van der Waals surface area (Å²) in [6.07, 6.45) is 0.0812. The van der Waals surface area contributed by atoms with E-state index >= 15 is 0 Å². The molecular formula is C26H28NOP. The SMILES string of the molecule is C[C@@H]1OC(c2ccccc2P(c2ccccc2)c2ccccc2)=N[C@H]1C(C)(C)C. The van der Waals surface area contributed by atoms with Crippen molar-refractivity contribution in [1.82, 2.24) is 0 Å². The van der Waals surface area contributed by atoms with Gasteiger partial charge in [0.2, 0.25) is 5.90 Å². The van der Waals surface area contributed by atoms with E-state index in [4.69, 9.17) is 9.73 Å². The molecule has 0 radical (unpaired) electrons. The fraction of sp³-hybridized carbons (Fsp3) is 0.269. The highest BCUT2D eigenvalue weighted by atomic mass is 31.1. The lowest BCUT2D eigenvalue weighted by molar-refractivity contribution is 0.154. The van der Waals surface area contributed by atoms with Gasteiger partial charge in [-0.25, -0.2) is 4.99 Å². The van der Waals surface area contributed by atoms with Crippen molar-refractivity contribution in [3.05, 3.63) is 90.5 Å². The summed E-state index contributed by atoms with van der Waals surface area (Å²) in [5.41, 5.74) is 1.18. The Bertz CT molecular complexity index is 952. The minimum Gasteiger partial charge on any atom is -0.472 e. The van der Waals surface area contributed by atoms with Crippen molar-refractivity contribution in [2.24, 2.45) is 10.4 Å². The molecule has 0 amide bonds. The Balaban J connectivity index is 1.85. The van der Waals surface area contributed by atoms with E-state index in [1.807, 2.05) is 0 Å². The van der Waals surface area contributed by atoms with Crippen LogP contribution in [0.4, 0.5) is 0 Å². The molecule has 2 atom stereocenters. The third-order valence-corrected chi connectivity index (χ3v) is 7.79. The van der Waals surface area contributed by atoms with E-state index in [9.17, 15) is 0 Å². The Morgan fingerprint density at radius 3 is 1.79 bits per heavy atom. The standard InChI is InChI=1S/C26H28NOP/c1-19-24(26(2,3)4)27-25(28-19)22-17-11-12-18-23(22)29(20-13-7-5-8-14-20)21-15-9-6-10-16-21/h5-19,24H,1-4H3/t19-,24+/m0/s1. The van der Waals surface area contributed by atoms with Crippen LogP contribution in [0.15, 0.2) is 89.9 Å². The molecule has 1 heterocycles. The maximum Gasteiger partial charge on any atom is 0.217 e. The number of hydrogen-bond donors (Lipinski definition) is 0. The topological polar surface area (TPSA) is 21.6 Å². The summed E-state index contributed by atoms with van der Waals surface area (Å²) >= 11 is 0. The van der Waals surface area contributed by atoms with Crippen molar-refractivity contribution in [2.45, 2.75) is 39.8 Å². The fourth-order valence-corrected chi connectivity index (χ4v) is 6.41. The average Bonchev–Trinajstić information content (AvgIpc) is 3.12. The van der Waals surface area contributed by atoms with Crippen molar-refractivity contribution in [2.75, 3.05) is 0 Å². The monoisotopic (exact) mass is 401 g/mol. The van der Waals surface area contributed by atoms with Crippen molar-refractivity contribution in [3.63, 3.8) is 0 Å². The fourth-order valence-electron chi connectivity index (χ4n) is 3.96. The zero-order valence-corrected chi connectivity index (χ0v) is 18.4. The molecule has 1 aliphatic rings. The zero-order valence-electron chi connectivity index (χ0n) is 17.5. The highest BCUT2D eigenvalue weighted by Gasteiger charge is 2.37. The molecule has 2 nitrogen and oxygen atoms in total. The first-order chi connectivity index (χ1) is 13.9. The van der Waals surface area contributed by atoms with Gasteiger partial charge in [-0.2, -0.15) is 0 Å².